The van der Waals surface area contributed by atoms with Crippen LogP contribution in [0.3, 0.4) is 0 Å². The van der Waals surface area contributed by atoms with E-state index in [0.717, 1.165) is 16.9 Å². The van der Waals surface area contributed by atoms with Crippen LogP contribution in [0.2, 0.25) is 0 Å². The van der Waals surface area contributed by atoms with Gasteiger partial charge >= 0.3 is 5.97 Å². The first-order chi connectivity index (χ1) is 14.6. The second kappa shape index (κ2) is 10.3. The number of amides is 1. The normalized spacial score (nSPS) is 10.5. The van der Waals surface area contributed by atoms with Crippen molar-refractivity contribution in [1.82, 2.24) is 4.90 Å². The van der Waals surface area contributed by atoms with E-state index in [1.54, 1.807) is 11.8 Å². The first kappa shape index (κ1) is 21.2. The number of esters is 1. The minimum atomic E-state index is -0.564. The number of hydrogen-bond donors (Lipinski definition) is 0. The lowest BCUT2D eigenvalue weighted by Gasteiger charge is -2.21. The molecule has 0 aliphatic heterocycles. The second-order valence-corrected chi connectivity index (χ2v) is 6.79. The van der Waals surface area contributed by atoms with E-state index < -0.39 is 5.97 Å². The summed E-state index contributed by atoms with van der Waals surface area (Å²) in [4.78, 5) is 26.1. The Hall–Kier alpha value is -3.54. The monoisotopic (exact) mass is 407 g/mol. The molecule has 0 N–H and O–H groups in total. The molecule has 1 heterocycles. The largest absolute Gasteiger partial charge is 0.489 e. The maximum Gasteiger partial charge on any atom is 0.342 e. The van der Waals surface area contributed by atoms with Crippen molar-refractivity contribution in [3.8, 4) is 5.75 Å². The van der Waals surface area contributed by atoms with Crippen LogP contribution in [0.15, 0.2) is 71.3 Å². The van der Waals surface area contributed by atoms with E-state index >= 15 is 0 Å². The summed E-state index contributed by atoms with van der Waals surface area (Å²) in [5.74, 6) is 0.415. The summed E-state index contributed by atoms with van der Waals surface area (Å²) >= 11 is 0. The van der Waals surface area contributed by atoms with Gasteiger partial charge in [0.05, 0.1) is 6.26 Å². The average molecular weight is 407 g/mol. The van der Waals surface area contributed by atoms with Crippen LogP contribution in [0.1, 0.15) is 34.2 Å². The van der Waals surface area contributed by atoms with Gasteiger partial charge in [0, 0.05) is 13.1 Å². The van der Waals surface area contributed by atoms with Gasteiger partial charge in [-0.3, -0.25) is 4.79 Å². The smallest absolute Gasteiger partial charge is 0.342 e. The van der Waals surface area contributed by atoms with Gasteiger partial charge in [-0.25, -0.2) is 4.79 Å². The van der Waals surface area contributed by atoms with Crippen LogP contribution >= 0.6 is 0 Å². The summed E-state index contributed by atoms with van der Waals surface area (Å²) in [5, 5.41) is 0. The van der Waals surface area contributed by atoms with Crippen molar-refractivity contribution in [2.24, 2.45) is 0 Å². The molecule has 6 nitrogen and oxygen atoms in total. The summed E-state index contributed by atoms with van der Waals surface area (Å²) in [5.41, 5.74) is 2.40. The van der Waals surface area contributed by atoms with Crippen molar-refractivity contribution >= 4 is 11.9 Å². The Balaban J connectivity index is 1.50. The molecule has 6 heteroatoms. The third kappa shape index (κ3) is 5.73. The standard InChI is InChI=1S/C24H25NO5/c1-3-25(23(26)17-30-24(27)22-13-14-28-18(22)2)15-19-9-11-21(12-10-19)29-16-20-7-5-4-6-8-20/h4-14H,3,15-17H2,1-2H3. The zero-order valence-corrected chi connectivity index (χ0v) is 17.2. The van der Waals surface area contributed by atoms with Gasteiger partial charge in [-0.15, -0.1) is 0 Å². The number of aryl methyl sites for hydroxylation is 1. The lowest BCUT2D eigenvalue weighted by molar-refractivity contribution is -0.134. The van der Waals surface area contributed by atoms with Gasteiger partial charge < -0.3 is 18.8 Å². The molecule has 0 radical (unpaired) electrons. The number of carbonyl (C=O) groups is 2. The first-order valence-corrected chi connectivity index (χ1v) is 9.81. The average Bonchev–Trinajstić information content (AvgIpc) is 3.21. The Kier molecular flexibility index (Phi) is 7.27. The molecule has 1 amide bonds. The number of furan rings is 1. The maximum absolute atomic E-state index is 12.5. The number of likely N-dealkylation sites (N-methyl/N-ethyl adjacent to an activating group) is 1. The van der Waals surface area contributed by atoms with Gasteiger partial charge in [0.2, 0.25) is 0 Å². The van der Waals surface area contributed by atoms with Crippen LogP contribution in [-0.2, 0) is 22.7 Å². The highest BCUT2D eigenvalue weighted by atomic mass is 16.5. The lowest BCUT2D eigenvalue weighted by Crippen LogP contribution is -2.34. The molecule has 0 fully saturated rings. The molecule has 0 aliphatic carbocycles. The number of hydrogen-bond acceptors (Lipinski definition) is 5. The zero-order valence-electron chi connectivity index (χ0n) is 17.2. The molecule has 0 unspecified atom stereocenters. The number of carbonyl (C=O) groups excluding carboxylic acids is 2. The third-order valence-corrected chi connectivity index (χ3v) is 4.69. The number of rotatable bonds is 9. The van der Waals surface area contributed by atoms with E-state index in [-0.39, 0.29) is 12.5 Å². The third-order valence-electron chi connectivity index (χ3n) is 4.69. The Morgan fingerprint density at radius 1 is 0.967 bits per heavy atom. The van der Waals surface area contributed by atoms with Crippen LogP contribution in [0.5, 0.6) is 5.75 Å². The molecule has 1 aromatic heterocycles. The molecule has 0 spiro atoms. The van der Waals surface area contributed by atoms with E-state index in [9.17, 15) is 9.59 Å². The molecule has 0 aliphatic rings. The van der Waals surface area contributed by atoms with Crippen molar-refractivity contribution in [2.75, 3.05) is 13.2 Å². The Labute approximate surface area is 176 Å². The molecular weight excluding hydrogens is 382 g/mol. The number of nitrogens with zero attached hydrogens (tertiary/aromatic N) is 1. The van der Waals surface area contributed by atoms with Crippen LogP contribution in [-0.4, -0.2) is 29.9 Å². The van der Waals surface area contributed by atoms with Crippen LogP contribution in [0, 0.1) is 6.92 Å². The van der Waals surface area contributed by atoms with Crippen molar-refractivity contribution in [2.45, 2.75) is 27.0 Å². The summed E-state index contributed by atoms with van der Waals surface area (Å²) in [7, 11) is 0. The molecule has 30 heavy (non-hydrogen) atoms. The fraction of sp³-hybridized carbons (Fsp3) is 0.250. The topological polar surface area (TPSA) is 69.0 Å². The Morgan fingerprint density at radius 2 is 1.70 bits per heavy atom. The van der Waals surface area contributed by atoms with Crippen molar-refractivity contribution < 1.29 is 23.5 Å². The van der Waals surface area contributed by atoms with Gasteiger partial charge in [0.25, 0.3) is 5.91 Å². The molecule has 0 bridgehead atoms. The predicted molar refractivity (Wildman–Crippen MR) is 112 cm³/mol. The van der Waals surface area contributed by atoms with E-state index in [1.807, 2.05) is 61.5 Å². The molecule has 156 valence electrons. The quantitative estimate of drug-likeness (QED) is 0.493. The first-order valence-electron chi connectivity index (χ1n) is 9.81. The molecule has 2 aromatic carbocycles. The van der Waals surface area contributed by atoms with Gasteiger partial charge in [-0.1, -0.05) is 42.5 Å². The lowest BCUT2D eigenvalue weighted by atomic mass is 10.2. The van der Waals surface area contributed by atoms with E-state index in [2.05, 4.69) is 0 Å². The van der Waals surface area contributed by atoms with Crippen molar-refractivity contribution in [1.29, 1.82) is 0 Å². The minimum absolute atomic E-state index is 0.253. The molecule has 0 atom stereocenters. The van der Waals surface area contributed by atoms with Gasteiger partial charge in [-0.2, -0.15) is 0 Å². The summed E-state index contributed by atoms with van der Waals surface area (Å²) in [6.45, 7) is 4.68. The highest BCUT2D eigenvalue weighted by molar-refractivity contribution is 5.92. The highest BCUT2D eigenvalue weighted by Crippen LogP contribution is 2.16. The molecular formula is C24H25NO5. The molecule has 0 saturated carbocycles. The van der Waals surface area contributed by atoms with E-state index in [0.29, 0.717) is 31.0 Å². The highest BCUT2D eigenvalue weighted by Gasteiger charge is 2.18. The van der Waals surface area contributed by atoms with Gasteiger partial charge in [-0.05, 0) is 43.2 Å². The summed E-state index contributed by atoms with van der Waals surface area (Å²) in [6.07, 6.45) is 1.42. The summed E-state index contributed by atoms with van der Waals surface area (Å²) < 4.78 is 16.0. The van der Waals surface area contributed by atoms with Crippen LogP contribution < -0.4 is 4.74 Å². The van der Waals surface area contributed by atoms with Gasteiger partial charge in [0.15, 0.2) is 6.61 Å². The van der Waals surface area contributed by atoms with Crippen molar-refractivity contribution in [3.05, 3.63) is 89.4 Å². The van der Waals surface area contributed by atoms with Crippen LogP contribution in [0.25, 0.3) is 0 Å². The predicted octanol–water partition coefficient (Wildman–Crippen LogP) is 4.37. The van der Waals surface area contributed by atoms with Gasteiger partial charge in [0.1, 0.15) is 23.7 Å². The molecule has 3 rings (SSSR count). The zero-order chi connectivity index (χ0) is 21.3. The summed E-state index contributed by atoms with van der Waals surface area (Å²) in [6, 6.07) is 19.1. The number of benzene rings is 2. The molecule has 3 aromatic rings. The molecule has 0 saturated heterocycles. The SMILES string of the molecule is CCN(Cc1ccc(OCc2ccccc2)cc1)C(=O)COC(=O)c1ccoc1C. The fourth-order valence-corrected chi connectivity index (χ4v) is 2.92. The van der Waals surface area contributed by atoms with Crippen molar-refractivity contribution in [3.63, 3.8) is 0 Å². The Morgan fingerprint density at radius 3 is 2.33 bits per heavy atom. The maximum atomic E-state index is 12.5. The van der Waals surface area contributed by atoms with E-state index in [4.69, 9.17) is 13.9 Å². The minimum Gasteiger partial charge on any atom is -0.489 e. The Bertz CT molecular complexity index is 963. The fourth-order valence-electron chi connectivity index (χ4n) is 2.92. The second-order valence-electron chi connectivity index (χ2n) is 6.79. The van der Waals surface area contributed by atoms with E-state index in [1.165, 1.54) is 12.3 Å². The van der Waals surface area contributed by atoms with Crippen LogP contribution in [0.4, 0.5) is 0 Å². The number of ether oxygens (including phenoxy) is 2.